The lowest BCUT2D eigenvalue weighted by Gasteiger charge is -2.25. The maximum absolute atomic E-state index is 13.3. The van der Waals surface area contributed by atoms with Crippen LogP contribution in [-0.2, 0) is 16.4 Å². The summed E-state index contributed by atoms with van der Waals surface area (Å²) in [4.78, 5) is 3.55. The van der Waals surface area contributed by atoms with Crippen molar-refractivity contribution in [1.29, 1.82) is 0 Å². The fourth-order valence-corrected chi connectivity index (χ4v) is 5.91. The zero-order valence-electron chi connectivity index (χ0n) is 15.4. The third kappa shape index (κ3) is 2.95. The van der Waals surface area contributed by atoms with E-state index in [2.05, 4.69) is 11.1 Å². The van der Waals surface area contributed by atoms with E-state index in [9.17, 15) is 8.42 Å². The van der Waals surface area contributed by atoms with Crippen molar-refractivity contribution >= 4 is 20.9 Å². The van der Waals surface area contributed by atoms with Crippen molar-refractivity contribution in [3.63, 3.8) is 0 Å². The largest absolute Gasteiger partial charge is 0.486 e. The number of ether oxygens (including phenoxy) is 2. The summed E-state index contributed by atoms with van der Waals surface area (Å²) in [6.45, 7) is 1.46. The van der Waals surface area contributed by atoms with Gasteiger partial charge in [0.05, 0.1) is 4.90 Å². The van der Waals surface area contributed by atoms with E-state index in [1.807, 2.05) is 24.4 Å². The van der Waals surface area contributed by atoms with Crippen molar-refractivity contribution in [2.75, 3.05) is 19.8 Å². The minimum Gasteiger partial charge on any atom is -0.486 e. The summed E-state index contributed by atoms with van der Waals surface area (Å²) in [5.74, 6) is 1.10. The molecule has 1 aromatic heterocycles. The van der Waals surface area contributed by atoms with E-state index in [1.54, 1.807) is 22.5 Å². The second-order valence-corrected chi connectivity index (χ2v) is 9.17. The van der Waals surface area contributed by atoms with Gasteiger partial charge in [-0.05, 0) is 43.0 Å². The summed E-state index contributed by atoms with van der Waals surface area (Å²) < 4.78 is 39.4. The summed E-state index contributed by atoms with van der Waals surface area (Å²) in [5, 5.41) is 1.16. The van der Waals surface area contributed by atoms with E-state index in [1.165, 1.54) is 0 Å². The smallest absolute Gasteiger partial charge is 0.243 e. The molecule has 0 saturated carbocycles. The van der Waals surface area contributed by atoms with Crippen molar-refractivity contribution in [3.05, 3.63) is 54.2 Å². The Balaban J connectivity index is 1.44. The van der Waals surface area contributed by atoms with E-state index in [-0.39, 0.29) is 10.9 Å². The number of hydrogen-bond acceptors (Lipinski definition) is 4. The Morgan fingerprint density at radius 2 is 1.89 bits per heavy atom. The Hall–Kier alpha value is -2.51. The van der Waals surface area contributed by atoms with Crippen LogP contribution in [0.25, 0.3) is 10.9 Å². The maximum Gasteiger partial charge on any atom is 0.243 e. The molecule has 3 heterocycles. The van der Waals surface area contributed by atoms with Gasteiger partial charge in [0.1, 0.15) is 13.2 Å². The third-order valence-electron chi connectivity index (χ3n) is 5.57. The number of aromatic amines is 1. The zero-order valence-corrected chi connectivity index (χ0v) is 16.2. The van der Waals surface area contributed by atoms with E-state index in [0.717, 1.165) is 29.3 Å². The number of H-pyrrole nitrogens is 1. The van der Waals surface area contributed by atoms with E-state index < -0.39 is 10.0 Å². The molecule has 146 valence electrons. The molecule has 0 bridgehead atoms. The van der Waals surface area contributed by atoms with E-state index in [0.29, 0.717) is 37.7 Å². The summed E-state index contributed by atoms with van der Waals surface area (Å²) >= 11 is 0. The molecule has 0 aliphatic carbocycles. The second kappa shape index (κ2) is 6.83. The minimum absolute atomic E-state index is 0.0441. The fraction of sp³-hybridized carbons (Fsp3) is 0.333. The summed E-state index contributed by atoms with van der Waals surface area (Å²) in [7, 11) is -3.59. The first-order valence-electron chi connectivity index (χ1n) is 9.59. The van der Waals surface area contributed by atoms with Crippen molar-refractivity contribution in [1.82, 2.24) is 9.29 Å². The normalized spacial score (nSPS) is 19.9. The lowest BCUT2D eigenvalue weighted by molar-refractivity contribution is 0.171. The Bertz CT molecular complexity index is 1120. The minimum atomic E-state index is -3.59. The van der Waals surface area contributed by atoms with Crippen LogP contribution in [0.15, 0.2) is 53.6 Å². The predicted molar refractivity (Wildman–Crippen MR) is 106 cm³/mol. The maximum atomic E-state index is 13.3. The Labute approximate surface area is 164 Å². The van der Waals surface area contributed by atoms with Gasteiger partial charge in [-0.25, -0.2) is 8.42 Å². The molecule has 0 spiro atoms. The number of fused-ring (bicyclic) bond motifs is 2. The number of nitrogens with zero attached hydrogens (tertiary/aromatic N) is 1. The van der Waals surface area contributed by atoms with Crippen LogP contribution in [0.4, 0.5) is 0 Å². The zero-order chi connectivity index (χ0) is 19.1. The average molecular weight is 398 g/mol. The van der Waals surface area contributed by atoms with Gasteiger partial charge in [0, 0.05) is 35.8 Å². The number of para-hydroxylation sites is 1. The first-order valence-corrected chi connectivity index (χ1v) is 11.0. The molecule has 3 aromatic rings. The van der Waals surface area contributed by atoms with Crippen molar-refractivity contribution in [3.8, 4) is 11.5 Å². The van der Waals surface area contributed by atoms with E-state index in [4.69, 9.17) is 9.47 Å². The highest BCUT2D eigenvalue weighted by Crippen LogP contribution is 2.35. The van der Waals surface area contributed by atoms with Gasteiger partial charge in [0.25, 0.3) is 0 Å². The second-order valence-electron chi connectivity index (χ2n) is 7.28. The third-order valence-corrected chi connectivity index (χ3v) is 7.52. The molecule has 1 atom stereocenters. The van der Waals surface area contributed by atoms with E-state index >= 15 is 0 Å². The standard InChI is InChI=1S/C21H22N2O4S/c24-28(25,17-7-8-20-21(13-17)27-11-10-26-20)23-9-3-4-16(23)12-15-14-22-19-6-2-1-5-18(15)19/h1-2,5-8,13-14,16,22H,3-4,9-12H2. The average Bonchev–Trinajstić information content (AvgIpc) is 3.36. The van der Waals surface area contributed by atoms with Gasteiger partial charge in [-0.15, -0.1) is 0 Å². The Morgan fingerprint density at radius 1 is 1.07 bits per heavy atom. The Morgan fingerprint density at radius 3 is 2.79 bits per heavy atom. The number of nitrogens with one attached hydrogen (secondary N) is 1. The van der Waals surface area contributed by atoms with Crippen LogP contribution < -0.4 is 9.47 Å². The number of hydrogen-bond donors (Lipinski definition) is 1. The molecule has 2 aliphatic rings. The van der Waals surface area contributed by atoms with Gasteiger partial charge < -0.3 is 14.5 Å². The number of sulfonamides is 1. The highest BCUT2D eigenvalue weighted by molar-refractivity contribution is 7.89. The molecule has 0 radical (unpaired) electrons. The molecule has 1 saturated heterocycles. The first-order chi connectivity index (χ1) is 13.6. The SMILES string of the molecule is O=S(=O)(c1ccc2c(c1)OCCO2)N1CCCC1Cc1c[nH]c2ccccc12. The molecule has 1 N–H and O–H groups in total. The quantitative estimate of drug-likeness (QED) is 0.732. The molecule has 1 fully saturated rings. The molecule has 5 rings (SSSR count). The molecular weight excluding hydrogens is 376 g/mol. The molecule has 0 amide bonds. The van der Waals surface area contributed by atoms with Crippen LogP contribution >= 0.6 is 0 Å². The molecule has 7 heteroatoms. The van der Waals surface area contributed by atoms with Gasteiger partial charge in [0.15, 0.2) is 11.5 Å². The molecule has 28 heavy (non-hydrogen) atoms. The van der Waals surface area contributed by atoms with Crippen LogP contribution in [0.1, 0.15) is 18.4 Å². The molecule has 1 unspecified atom stereocenters. The monoisotopic (exact) mass is 398 g/mol. The number of aromatic nitrogens is 1. The topological polar surface area (TPSA) is 71.6 Å². The summed E-state index contributed by atoms with van der Waals surface area (Å²) in [5.41, 5.74) is 2.24. The molecule has 6 nitrogen and oxygen atoms in total. The number of benzene rings is 2. The van der Waals surface area contributed by atoms with Crippen LogP contribution in [0.3, 0.4) is 0 Å². The van der Waals surface area contributed by atoms with Crippen molar-refractivity contribution in [2.45, 2.75) is 30.2 Å². The Kier molecular flexibility index (Phi) is 4.29. The van der Waals surface area contributed by atoms with Gasteiger partial charge in [-0.2, -0.15) is 4.31 Å². The molecule has 2 aliphatic heterocycles. The summed E-state index contributed by atoms with van der Waals surface area (Å²) in [6, 6.07) is 13.0. The van der Waals surface area contributed by atoms with Crippen LogP contribution in [-0.4, -0.2) is 43.5 Å². The summed E-state index contributed by atoms with van der Waals surface area (Å²) in [6.07, 6.45) is 4.44. The van der Waals surface area contributed by atoms with Crippen LogP contribution in [0.2, 0.25) is 0 Å². The van der Waals surface area contributed by atoms with Crippen LogP contribution in [0.5, 0.6) is 11.5 Å². The van der Waals surface area contributed by atoms with Gasteiger partial charge in [-0.3, -0.25) is 0 Å². The highest BCUT2D eigenvalue weighted by Gasteiger charge is 2.36. The van der Waals surface area contributed by atoms with Gasteiger partial charge >= 0.3 is 0 Å². The van der Waals surface area contributed by atoms with Gasteiger partial charge in [-0.1, -0.05) is 18.2 Å². The molecule has 2 aromatic carbocycles. The highest BCUT2D eigenvalue weighted by atomic mass is 32.2. The first kappa shape index (κ1) is 17.6. The fourth-order valence-electron chi connectivity index (χ4n) is 4.20. The molecular formula is C21H22N2O4S. The lowest BCUT2D eigenvalue weighted by atomic mass is 10.0. The lowest BCUT2D eigenvalue weighted by Crippen LogP contribution is -2.36. The van der Waals surface area contributed by atoms with Crippen molar-refractivity contribution < 1.29 is 17.9 Å². The van der Waals surface area contributed by atoms with Crippen molar-refractivity contribution in [2.24, 2.45) is 0 Å². The van der Waals surface area contributed by atoms with Gasteiger partial charge in [0.2, 0.25) is 10.0 Å². The predicted octanol–water partition coefficient (Wildman–Crippen LogP) is 3.33. The van der Waals surface area contributed by atoms with Crippen LogP contribution in [0, 0.1) is 0 Å². The number of rotatable bonds is 4.